The molecule has 1 atom stereocenters. The van der Waals surface area contributed by atoms with Crippen LogP contribution in [0.25, 0.3) is 0 Å². The number of para-hydroxylation sites is 1. The van der Waals surface area contributed by atoms with Crippen molar-refractivity contribution >= 4 is 23.5 Å². The van der Waals surface area contributed by atoms with E-state index in [1.165, 1.54) is 0 Å². The van der Waals surface area contributed by atoms with Crippen LogP contribution in [0.5, 0.6) is 0 Å². The lowest BCUT2D eigenvalue weighted by molar-refractivity contribution is -0.120. The number of carbonyl (C=O) groups is 2. The van der Waals surface area contributed by atoms with Crippen molar-refractivity contribution in [1.82, 2.24) is 15.3 Å². The number of amides is 2. The maximum Gasteiger partial charge on any atom is 0.253 e. The van der Waals surface area contributed by atoms with Crippen LogP contribution in [0.2, 0.25) is 0 Å². The molecule has 1 aromatic heterocycles. The maximum absolute atomic E-state index is 12.8. The molecule has 0 bridgehead atoms. The molecule has 1 aromatic carbocycles. The van der Waals surface area contributed by atoms with E-state index in [4.69, 9.17) is 0 Å². The fourth-order valence-electron chi connectivity index (χ4n) is 3.34. The molecule has 2 N–H and O–H groups in total. The van der Waals surface area contributed by atoms with Crippen LogP contribution in [0, 0.1) is 5.92 Å². The van der Waals surface area contributed by atoms with E-state index in [0.717, 1.165) is 32.2 Å². The SMILES string of the molecule is O=C(NC1CC1)c1ccccc1NC(=O)C1CCCN(c2ncccn2)C1. The van der Waals surface area contributed by atoms with Crippen molar-refractivity contribution in [3.63, 3.8) is 0 Å². The molecule has 2 fully saturated rings. The summed E-state index contributed by atoms with van der Waals surface area (Å²) in [5.74, 6) is 0.292. The van der Waals surface area contributed by atoms with Crippen molar-refractivity contribution in [3.05, 3.63) is 48.3 Å². The summed E-state index contributed by atoms with van der Waals surface area (Å²) in [5, 5.41) is 5.94. The topological polar surface area (TPSA) is 87.2 Å². The minimum absolute atomic E-state index is 0.0673. The Hall–Kier alpha value is -2.96. The van der Waals surface area contributed by atoms with E-state index in [0.29, 0.717) is 23.7 Å². The fourth-order valence-corrected chi connectivity index (χ4v) is 3.34. The molecule has 1 saturated heterocycles. The van der Waals surface area contributed by atoms with Crippen molar-refractivity contribution in [2.75, 3.05) is 23.3 Å². The number of piperidine rings is 1. The highest BCUT2D eigenvalue weighted by Crippen LogP contribution is 2.24. The van der Waals surface area contributed by atoms with Crippen LogP contribution in [0.15, 0.2) is 42.7 Å². The van der Waals surface area contributed by atoms with E-state index >= 15 is 0 Å². The zero-order valence-electron chi connectivity index (χ0n) is 15.1. The molecule has 0 spiro atoms. The quantitative estimate of drug-likeness (QED) is 0.848. The van der Waals surface area contributed by atoms with Gasteiger partial charge in [0.1, 0.15) is 0 Å². The number of carbonyl (C=O) groups excluding carboxylic acids is 2. The molecule has 2 amide bonds. The van der Waals surface area contributed by atoms with Crippen LogP contribution < -0.4 is 15.5 Å². The summed E-state index contributed by atoms with van der Waals surface area (Å²) in [6.45, 7) is 1.42. The van der Waals surface area contributed by atoms with Gasteiger partial charge in [-0.3, -0.25) is 9.59 Å². The highest BCUT2D eigenvalue weighted by molar-refractivity contribution is 6.04. The summed E-state index contributed by atoms with van der Waals surface area (Å²) >= 11 is 0. The minimum Gasteiger partial charge on any atom is -0.349 e. The smallest absolute Gasteiger partial charge is 0.253 e. The van der Waals surface area contributed by atoms with E-state index < -0.39 is 0 Å². The standard InChI is InChI=1S/C20H23N5O2/c26-18(14-5-3-12-25(13-14)20-21-10-4-11-22-20)24-17-7-2-1-6-16(17)19(27)23-15-8-9-15/h1-2,4,6-7,10-11,14-15H,3,5,8-9,12-13H2,(H,23,27)(H,24,26). The van der Waals surface area contributed by atoms with Crippen LogP contribution in [-0.4, -0.2) is 40.9 Å². The summed E-state index contributed by atoms with van der Waals surface area (Å²) in [4.78, 5) is 35.9. The third-order valence-corrected chi connectivity index (χ3v) is 4.97. The second kappa shape index (κ2) is 7.73. The fraction of sp³-hybridized carbons (Fsp3) is 0.400. The number of benzene rings is 1. The number of nitrogens with zero attached hydrogens (tertiary/aromatic N) is 3. The highest BCUT2D eigenvalue weighted by Gasteiger charge is 2.29. The third kappa shape index (κ3) is 4.24. The molecule has 140 valence electrons. The van der Waals surface area contributed by atoms with Crippen molar-refractivity contribution < 1.29 is 9.59 Å². The second-order valence-electron chi connectivity index (χ2n) is 7.12. The van der Waals surface area contributed by atoms with Crippen molar-refractivity contribution in [2.24, 2.45) is 5.92 Å². The van der Waals surface area contributed by atoms with E-state index in [1.807, 2.05) is 17.0 Å². The van der Waals surface area contributed by atoms with Gasteiger partial charge in [0.25, 0.3) is 5.91 Å². The molecular weight excluding hydrogens is 342 g/mol. The molecule has 7 heteroatoms. The summed E-state index contributed by atoms with van der Waals surface area (Å²) in [6.07, 6.45) is 7.19. The van der Waals surface area contributed by atoms with Crippen LogP contribution >= 0.6 is 0 Å². The van der Waals surface area contributed by atoms with Crippen LogP contribution in [0.3, 0.4) is 0 Å². The average Bonchev–Trinajstić information content (AvgIpc) is 3.53. The zero-order valence-corrected chi connectivity index (χ0v) is 15.1. The Morgan fingerprint density at radius 1 is 1.04 bits per heavy atom. The molecule has 1 aliphatic carbocycles. The number of aromatic nitrogens is 2. The first kappa shape index (κ1) is 17.5. The average molecular weight is 365 g/mol. The second-order valence-corrected chi connectivity index (χ2v) is 7.12. The normalized spacial score (nSPS) is 19.4. The van der Waals surface area contributed by atoms with Gasteiger partial charge in [0.2, 0.25) is 11.9 Å². The van der Waals surface area contributed by atoms with Gasteiger partial charge in [0.05, 0.1) is 17.2 Å². The Kier molecular flexibility index (Phi) is 5.00. The lowest BCUT2D eigenvalue weighted by atomic mass is 9.97. The summed E-state index contributed by atoms with van der Waals surface area (Å²) in [6, 6.07) is 9.22. The Balaban J connectivity index is 1.43. The van der Waals surface area contributed by atoms with E-state index in [9.17, 15) is 9.59 Å². The lowest BCUT2D eigenvalue weighted by Gasteiger charge is -2.32. The molecule has 0 radical (unpaired) electrons. The van der Waals surface area contributed by atoms with Crippen LogP contribution in [-0.2, 0) is 4.79 Å². The van der Waals surface area contributed by atoms with Gasteiger partial charge in [-0.05, 0) is 43.9 Å². The molecule has 2 aromatic rings. The third-order valence-electron chi connectivity index (χ3n) is 4.97. The number of rotatable bonds is 5. The van der Waals surface area contributed by atoms with Gasteiger partial charge in [-0.1, -0.05) is 12.1 Å². The molecule has 1 unspecified atom stereocenters. The molecule has 7 nitrogen and oxygen atoms in total. The lowest BCUT2D eigenvalue weighted by Crippen LogP contribution is -2.41. The van der Waals surface area contributed by atoms with E-state index in [2.05, 4.69) is 20.6 Å². The monoisotopic (exact) mass is 365 g/mol. The summed E-state index contributed by atoms with van der Waals surface area (Å²) in [7, 11) is 0. The van der Waals surface area contributed by atoms with Gasteiger partial charge in [-0.2, -0.15) is 0 Å². The molecule has 2 aliphatic rings. The summed E-state index contributed by atoms with van der Waals surface area (Å²) < 4.78 is 0. The number of hydrogen-bond donors (Lipinski definition) is 2. The number of hydrogen-bond acceptors (Lipinski definition) is 5. The van der Waals surface area contributed by atoms with Gasteiger partial charge in [-0.25, -0.2) is 9.97 Å². The Labute approximate surface area is 158 Å². The molecule has 1 aliphatic heterocycles. The van der Waals surface area contributed by atoms with Crippen molar-refractivity contribution in [2.45, 2.75) is 31.7 Å². The molecule has 2 heterocycles. The van der Waals surface area contributed by atoms with Crippen molar-refractivity contribution in [3.8, 4) is 0 Å². The Morgan fingerprint density at radius 2 is 1.81 bits per heavy atom. The Morgan fingerprint density at radius 3 is 2.59 bits per heavy atom. The van der Waals surface area contributed by atoms with Crippen LogP contribution in [0.4, 0.5) is 11.6 Å². The zero-order chi connectivity index (χ0) is 18.6. The predicted octanol–water partition coefficient (Wildman–Crippen LogP) is 2.22. The first-order valence-corrected chi connectivity index (χ1v) is 9.43. The van der Waals surface area contributed by atoms with Gasteiger partial charge < -0.3 is 15.5 Å². The highest BCUT2D eigenvalue weighted by atomic mass is 16.2. The van der Waals surface area contributed by atoms with Gasteiger partial charge in [0, 0.05) is 31.5 Å². The van der Waals surface area contributed by atoms with Gasteiger partial charge in [0.15, 0.2) is 0 Å². The first-order valence-electron chi connectivity index (χ1n) is 9.43. The van der Waals surface area contributed by atoms with Gasteiger partial charge in [-0.15, -0.1) is 0 Å². The van der Waals surface area contributed by atoms with E-state index in [-0.39, 0.29) is 23.8 Å². The Bertz CT molecular complexity index is 822. The van der Waals surface area contributed by atoms with Crippen molar-refractivity contribution in [1.29, 1.82) is 0 Å². The number of anilines is 2. The van der Waals surface area contributed by atoms with Crippen LogP contribution in [0.1, 0.15) is 36.0 Å². The molecule has 4 rings (SSSR count). The first-order chi connectivity index (χ1) is 13.2. The number of nitrogens with one attached hydrogen (secondary N) is 2. The predicted molar refractivity (Wildman–Crippen MR) is 103 cm³/mol. The molecular formula is C20H23N5O2. The summed E-state index contributed by atoms with van der Waals surface area (Å²) in [5.41, 5.74) is 1.07. The molecule has 1 saturated carbocycles. The largest absolute Gasteiger partial charge is 0.349 e. The molecule has 27 heavy (non-hydrogen) atoms. The minimum atomic E-state index is -0.165. The van der Waals surface area contributed by atoms with E-state index in [1.54, 1.807) is 30.6 Å². The van der Waals surface area contributed by atoms with Gasteiger partial charge >= 0.3 is 0 Å². The maximum atomic E-state index is 12.8.